The topological polar surface area (TPSA) is 75.3 Å². The summed E-state index contributed by atoms with van der Waals surface area (Å²) in [5, 5.41) is 6.25. The van der Waals surface area contributed by atoms with E-state index in [0.717, 1.165) is 25.9 Å². The van der Waals surface area contributed by atoms with E-state index in [9.17, 15) is 8.42 Å². The molecule has 0 bridgehead atoms. The second-order valence-corrected chi connectivity index (χ2v) is 6.21. The third-order valence-electron chi connectivity index (χ3n) is 2.90. The third-order valence-corrected chi connectivity index (χ3v) is 4.65. The molecule has 1 aliphatic heterocycles. The van der Waals surface area contributed by atoms with Crippen molar-refractivity contribution in [3.05, 3.63) is 12.3 Å². The molecular formula is C10H17N3O3S. The fourth-order valence-electron chi connectivity index (χ4n) is 1.89. The summed E-state index contributed by atoms with van der Waals surface area (Å²) in [5.74, 6) is 0. The number of H-pyrrole nitrogens is 1. The largest absolute Gasteiger partial charge is 0.377 e. The molecule has 1 saturated heterocycles. The van der Waals surface area contributed by atoms with Crippen molar-refractivity contribution in [2.45, 2.75) is 30.4 Å². The first kappa shape index (κ1) is 12.5. The van der Waals surface area contributed by atoms with Crippen molar-refractivity contribution in [3.8, 4) is 0 Å². The highest BCUT2D eigenvalue weighted by Gasteiger charge is 2.26. The van der Waals surface area contributed by atoms with Crippen LogP contribution in [0.5, 0.6) is 0 Å². The van der Waals surface area contributed by atoms with Crippen LogP contribution in [0.3, 0.4) is 0 Å². The molecule has 0 spiro atoms. The van der Waals surface area contributed by atoms with Crippen molar-refractivity contribution < 1.29 is 13.2 Å². The lowest BCUT2D eigenvalue weighted by Crippen LogP contribution is -2.37. The molecule has 1 N–H and O–H groups in total. The molecule has 2 heterocycles. The summed E-state index contributed by atoms with van der Waals surface area (Å²) in [7, 11) is -1.90. The predicted molar refractivity (Wildman–Crippen MR) is 62.0 cm³/mol. The molecule has 0 radical (unpaired) electrons. The van der Waals surface area contributed by atoms with Gasteiger partial charge in [0, 0.05) is 20.2 Å². The molecule has 7 heteroatoms. The van der Waals surface area contributed by atoms with Gasteiger partial charge in [0.1, 0.15) is 0 Å². The molecule has 2 rings (SSSR count). The Kier molecular flexibility index (Phi) is 3.80. The summed E-state index contributed by atoms with van der Waals surface area (Å²) < 4.78 is 31.0. The number of aromatic nitrogens is 2. The lowest BCUT2D eigenvalue weighted by Gasteiger charge is -2.26. The average molecular weight is 259 g/mol. The predicted octanol–water partition coefficient (Wildman–Crippen LogP) is 0.599. The summed E-state index contributed by atoms with van der Waals surface area (Å²) in [5.41, 5.74) is 0. The highest BCUT2D eigenvalue weighted by molar-refractivity contribution is 7.89. The number of aromatic amines is 1. The van der Waals surface area contributed by atoms with Crippen molar-refractivity contribution in [2.75, 3.05) is 20.2 Å². The van der Waals surface area contributed by atoms with E-state index in [1.165, 1.54) is 16.6 Å². The molecule has 0 saturated carbocycles. The summed E-state index contributed by atoms with van der Waals surface area (Å²) in [6, 6.07) is 1.45. The molecule has 0 aromatic carbocycles. The van der Waals surface area contributed by atoms with Gasteiger partial charge in [-0.15, -0.1) is 0 Å². The Hall–Kier alpha value is -0.920. The minimum absolute atomic E-state index is 0.00597. The number of nitrogens with zero attached hydrogens (tertiary/aromatic N) is 2. The Morgan fingerprint density at radius 2 is 2.41 bits per heavy atom. The minimum Gasteiger partial charge on any atom is -0.377 e. The second kappa shape index (κ2) is 5.16. The molecule has 6 nitrogen and oxygen atoms in total. The Morgan fingerprint density at radius 3 is 3.00 bits per heavy atom. The van der Waals surface area contributed by atoms with Crippen LogP contribution in [0.25, 0.3) is 0 Å². The van der Waals surface area contributed by atoms with Crippen molar-refractivity contribution in [2.24, 2.45) is 0 Å². The van der Waals surface area contributed by atoms with Crippen LogP contribution in [0.15, 0.2) is 17.3 Å². The fraction of sp³-hybridized carbons (Fsp3) is 0.700. The van der Waals surface area contributed by atoms with Gasteiger partial charge in [0.25, 0.3) is 10.0 Å². The Labute approximate surface area is 101 Å². The number of nitrogens with one attached hydrogen (secondary N) is 1. The van der Waals surface area contributed by atoms with Crippen LogP contribution in [-0.4, -0.2) is 49.2 Å². The SMILES string of the molecule is CN(CC1CCCCO1)S(=O)(=O)c1ccn[nH]1. The molecule has 1 atom stereocenters. The first-order valence-corrected chi connectivity index (χ1v) is 7.12. The van der Waals surface area contributed by atoms with Gasteiger partial charge in [-0.2, -0.15) is 9.40 Å². The lowest BCUT2D eigenvalue weighted by molar-refractivity contribution is 0.00856. The number of hydrogen-bond acceptors (Lipinski definition) is 4. The van der Waals surface area contributed by atoms with E-state index in [2.05, 4.69) is 10.2 Å². The van der Waals surface area contributed by atoms with Crippen LogP contribution >= 0.6 is 0 Å². The lowest BCUT2D eigenvalue weighted by atomic mass is 10.1. The van der Waals surface area contributed by atoms with Gasteiger partial charge in [-0.1, -0.05) is 0 Å². The number of sulfonamides is 1. The van der Waals surface area contributed by atoms with Gasteiger partial charge in [-0.3, -0.25) is 5.10 Å². The van der Waals surface area contributed by atoms with E-state index in [4.69, 9.17) is 4.74 Å². The number of likely N-dealkylation sites (N-methyl/N-ethyl adjacent to an activating group) is 1. The normalized spacial score (nSPS) is 21.9. The zero-order valence-corrected chi connectivity index (χ0v) is 10.6. The maximum Gasteiger partial charge on any atom is 0.259 e. The molecular weight excluding hydrogens is 242 g/mol. The Bertz CT molecular complexity index is 437. The first-order chi connectivity index (χ1) is 8.10. The van der Waals surface area contributed by atoms with Crippen LogP contribution in [0.1, 0.15) is 19.3 Å². The van der Waals surface area contributed by atoms with E-state index >= 15 is 0 Å². The van der Waals surface area contributed by atoms with E-state index in [1.807, 2.05) is 0 Å². The summed E-state index contributed by atoms with van der Waals surface area (Å²) in [6.45, 7) is 1.12. The van der Waals surface area contributed by atoms with Crippen LogP contribution in [-0.2, 0) is 14.8 Å². The molecule has 1 aromatic rings. The first-order valence-electron chi connectivity index (χ1n) is 5.68. The van der Waals surface area contributed by atoms with Gasteiger partial charge in [0.05, 0.1) is 12.3 Å². The average Bonchev–Trinajstić information content (AvgIpc) is 2.84. The summed E-state index contributed by atoms with van der Waals surface area (Å²) in [6.07, 6.45) is 4.52. The maximum absolute atomic E-state index is 12.1. The maximum atomic E-state index is 12.1. The van der Waals surface area contributed by atoms with Crippen LogP contribution < -0.4 is 0 Å². The molecule has 0 amide bonds. The second-order valence-electron chi connectivity index (χ2n) is 4.20. The zero-order valence-electron chi connectivity index (χ0n) is 9.80. The van der Waals surface area contributed by atoms with Gasteiger partial charge in [-0.05, 0) is 25.3 Å². The summed E-state index contributed by atoms with van der Waals surface area (Å²) >= 11 is 0. The van der Waals surface area contributed by atoms with Crippen molar-refractivity contribution in [3.63, 3.8) is 0 Å². The fourth-order valence-corrected chi connectivity index (χ4v) is 2.99. The quantitative estimate of drug-likeness (QED) is 0.859. The van der Waals surface area contributed by atoms with E-state index in [1.54, 1.807) is 7.05 Å². The smallest absolute Gasteiger partial charge is 0.259 e. The highest BCUT2D eigenvalue weighted by Crippen LogP contribution is 2.17. The monoisotopic (exact) mass is 259 g/mol. The van der Waals surface area contributed by atoms with Crippen molar-refractivity contribution in [1.82, 2.24) is 14.5 Å². The van der Waals surface area contributed by atoms with Crippen LogP contribution in [0.2, 0.25) is 0 Å². The zero-order chi connectivity index (χ0) is 12.3. The van der Waals surface area contributed by atoms with Crippen molar-refractivity contribution >= 4 is 10.0 Å². The molecule has 0 aliphatic carbocycles. The number of ether oxygens (including phenoxy) is 1. The molecule has 17 heavy (non-hydrogen) atoms. The van der Waals surface area contributed by atoms with E-state index in [-0.39, 0.29) is 11.1 Å². The minimum atomic E-state index is -3.46. The molecule has 1 unspecified atom stereocenters. The van der Waals surface area contributed by atoms with Gasteiger partial charge in [0.15, 0.2) is 5.03 Å². The van der Waals surface area contributed by atoms with Gasteiger partial charge >= 0.3 is 0 Å². The molecule has 1 aromatic heterocycles. The van der Waals surface area contributed by atoms with Crippen LogP contribution in [0, 0.1) is 0 Å². The van der Waals surface area contributed by atoms with Crippen molar-refractivity contribution in [1.29, 1.82) is 0 Å². The van der Waals surface area contributed by atoms with Crippen LogP contribution in [0.4, 0.5) is 0 Å². The molecule has 1 fully saturated rings. The van der Waals surface area contributed by atoms with Gasteiger partial charge in [0.2, 0.25) is 0 Å². The van der Waals surface area contributed by atoms with E-state index in [0.29, 0.717) is 6.54 Å². The van der Waals surface area contributed by atoms with Gasteiger partial charge < -0.3 is 4.74 Å². The molecule has 96 valence electrons. The van der Waals surface area contributed by atoms with E-state index < -0.39 is 10.0 Å². The summed E-state index contributed by atoms with van der Waals surface area (Å²) in [4.78, 5) is 0. The standard InChI is InChI=1S/C10H17N3O3S/c1-13(8-9-4-2-3-7-16-9)17(14,15)10-5-6-11-12-10/h5-6,9H,2-4,7-8H2,1H3,(H,11,12). The van der Waals surface area contributed by atoms with Gasteiger partial charge in [-0.25, -0.2) is 8.42 Å². The third kappa shape index (κ3) is 2.85. The molecule has 1 aliphatic rings. The highest BCUT2D eigenvalue weighted by atomic mass is 32.2. The Balaban J connectivity index is 2.01. The number of hydrogen-bond donors (Lipinski definition) is 1. The number of rotatable bonds is 4. The Morgan fingerprint density at radius 1 is 1.59 bits per heavy atom.